The molecule has 0 N–H and O–H groups in total. The molecule has 1 atom stereocenters. The highest BCUT2D eigenvalue weighted by Gasteiger charge is 2.24. The Balaban J connectivity index is 1.53. The molecule has 30 heavy (non-hydrogen) atoms. The van der Waals surface area contributed by atoms with Crippen LogP contribution in [0.25, 0.3) is 0 Å². The van der Waals surface area contributed by atoms with Gasteiger partial charge >= 0.3 is 0 Å². The van der Waals surface area contributed by atoms with Crippen molar-refractivity contribution in [2.45, 2.75) is 53.4 Å². The van der Waals surface area contributed by atoms with Crippen LogP contribution in [-0.2, 0) is 11.2 Å². The Morgan fingerprint density at radius 2 is 1.90 bits per heavy atom. The molecule has 1 aromatic carbocycles. The number of hydrogen-bond acceptors (Lipinski definition) is 5. The van der Waals surface area contributed by atoms with Crippen molar-refractivity contribution in [1.82, 2.24) is 14.3 Å². The first-order valence-electron chi connectivity index (χ1n) is 10.8. The number of anilines is 1. The molecular formula is C23H33FN4OS. The van der Waals surface area contributed by atoms with Gasteiger partial charge in [0.2, 0.25) is 11.0 Å². The normalized spacial score (nSPS) is 16.4. The molecule has 1 aliphatic heterocycles. The number of nitrogens with zero attached hydrogens (tertiary/aromatic N) is 4. The molecule has 2 heterocycles. The van der Waals surface area contributed by atoms with Crippen molar-refractivity contribution >= 4 is 22.6 Å². The summed E-state index contributed by atoms with van der Waals surface area (Å²) in [6, 6.07) is 6.47. The van der Waals surface area contributed by atoms with Crippen LogP contribution in [0.4, 0.5) is 9.52 Å². The lowest BCUT2D eigenvalue weighted by Crippen LogP contribution is -2.36. The van der Waals surface area contributed by atoms with Gasteiger partial charge in [0.25, 0.3) is 0 Å². The number of halogens is 1. The number of benzene rings is 1. The van der Waals surface area contributed by atoms with E-state index in [1.54, 1.807) is 12.1 Å². The minimum absolute atomic E-state index is 0.234. The lowest BCUT2D eigenvalue weighted by Gasteiger charge is -2.26. The second kappa shape index (κ2) is 9.86. The van der Waals surface area contributed by atoms with Crippen LogP contribution in [0, 0.1) is 17.2 Å². The van der Waals surface area contributed by atoms with Crippen LogP contribution in [0.3, 0.4) is 0 Å². The largest absolute Gasteiger partial charge is 0.345 e. The third kappa shape index (κ3) is 6.76. The Kier molecular flexibility index (Phi) is 7.45. The number of rotatable bonds is 6. The van der Waals surface area contributed by atoms with Crippen molar-refractivity contribution in [2.75, 3.05) is 31.1 Å². The molecule has 0 saturated carbocycles. The van der Waals surface area contributed by atoms with E-state index in [2.05, 4.69) is 42.0 Å². The lowest BCUT2D eigenvalue weighted by atomic mass is 9.84. The highest BCUT2D eigenvalue weighted by Crippen LogP contribution is 2.27. The predicted octanol–water partition coefficient (Wildman–Crippen LogP) is 4.77. The summed E-state index contributed by atoms with van der Waals surface area (Å²) in [6.45, 7) is 12.1. The van der Waals surface area contributed by atoms with E-state index in [-0.39, 0.29) is 17.1 Å². The summed E-state index contributed by atoms with van der Waals surface area (Å²) in [6.07, 6.45) is 3.21. The Bertz CT molecular complexity index is 830. The summed E-state index contributed by atoms with van der Waals surface area (Å²) in [5, 5.41) is 0.905. The van der Waals surface area contributed by atoms with Gasteiger partial charge in [0, 0.05) is 50.6 Å². The van der Waals surface area contributed by atoms with Gasteiger partial charge in [-0.3, -0.25) is 4.79 Å². The Hall–Kier alpha value is -2.02. The Labute approximate surface area is 183 Å². The molecule has 0 spiro atoms. The Morgan fingerprint density at radius 1 is 1.17 bits per heavy atom. The monoisotopic (exact) mass is 432 g/mol. The van der Waals surface area contributed by atoms with Gasteiger partial charge in [0.15, 0.2) is 0 Å². The number of hydrogen-bond donors (Lipinski definition) is 0. The lowest BCUT2D eigenvalue weighted by molar-refractivity contribution is -0.132. The SMILES string of the molecule is C[C@H](CC(=O)N1CCCN(c2nc(Cc3ccc(F)cc3)ns2)CC1)CC(C)(C)C. The van der Waals surface area contributed by atoms with Crippen LogP contribution in [0.2, 0.25) is 0 Å². The number of aromatic nitrogens is 2. The van der Waals surface area contributed by atoms with E-state index in [1.165, 1.54) is 23.7 Å². The summed E-state index contributed by atoms with van der Waals surface area (Å²) in [5.41, 5.74) is 1.25. The average Bonchev–Trinajstić information content (AvgIpc) is 2.96. The molecule has 1 fully saturated rings. The smallest absolute Gasteiger partial charge is 0.222 e. The van der Waals surface area contributed by atoms with Crippen molar-refractivity contribution in [3.8, 4) is 0 Å². The van der Waals surface area contributed by atoms with E-state index in [1.807, 2.05) is 4.90 Å². The van der Waals surface area contributed by atoms with Gasteiger partial charge in [-0.05, 0) is 41.9 Å². The quantitative estimate of drug-likeness (QED) is 0.660. The van der Waals surface area contributed by atoms with E-state index in [9.17, 15) is 9.18 Å². The molecule has 1 aromatic heterocycles. The fraction of sp³-hybridized carbons (Fsp3) is 0.609. The van der Waals surface area contributed by atoms with Crippen LogP contribution >= 0.6 is 11.5 Å². The molecule has 1 saturated heterocycles. The van der Waals surface area contributed by atoms with Crippen molar-refractivity contribution in [3.63, 3.8) is 0 Å². The fourth-order valence-corrected chi connectivity index (χ4v) is 4.87. The van der Waals surface area contributed by atoms with Crippen molar-refractivity contribution < 1.29 is 9.18 Å². The van der Waals surface area contributed by atoms with Crippen LogP contribution < -0.4 is 4.90 Å². The zero-order valence-corrected chi connectivity index (χ0v) is 19.3. The maximum Gasteiger partial charge on any atom is 0.222 e. The summed E-state index contributed by atoms with van der Waals surface area (Å²) >= 11 is 1.40. The van der Waals surface area contributed by atoms with Crippen LogP contribution in [0.5, 0.6) is 0 Å². The zero-order valence-electron chi connectivity index (χ0n) is 18.5. The summed E-state index contributed by atoms with van der Waals surface area (Å²) < 4.78 is 17.6. The first-order valence-corrected chi connectivity index (χ1v) is 11.6. The summed E-state index contributed by atoms with van der Waals surface area (Å²) in [7, 11) is 0. The molecule has 1 amide bonds. The molecule has 164 valence electrons. The van der Waals surface area contributed by atoms with Crippen LogP contribution in [0.1, 0.15) is 58.3 Å². The maximum atomic E-state index is 13.1. The van der Waals surface area contributed by atoms with Crippen molar-refractivity contribution in [2.24, 2.45) is 11.3 Å². The van der Waals surface area contributed by atoms with E-state index in [0.717, 1.165) is 55.5 Å². The third-order valence-corrected chi connectivity index (χ3v) is 6.15. The highest BCUT2D eigenvalue weighted by molar-refractivity contribution is 7.09. The van der Waals surface area contributed by atoms with Gasteiger partial charge in [-0.2, -0.15) is 4.37 Å². The first kappa shape index (κ1) is 22.7. The van der Waals surface area contributed by atoms with Crippen molar-refractivity contribution in [3.05, 3.63) is 41.5 Å². The molecule has 7 heteroatoms. The van der Waals surface area contributed by atoms with Crippen LogP contribution in [-0.4, -0.2) is 46.3 Å². The second-order valence-electron chi connectivity index (χ2n) is 9.59. The molecule has 2 aromatic rings. The minimum Gasteiger partial charge on any atom is -0.345 e. The van der Waals surface area contributed by atoms with E-state index >= 15 is 0 Å². The van der Waals surface area contributed by atoms with Gasteiger partial charge in [-0.1, -0.05) is 39.8 Å². The average molecular weight is 433 g/mol. The van der Waals surface area contributed by atoms with Gasteiger partial charge in [0.05, 0.1) is 0 Å². The molecule has 0 radical (unpaired) electrons. The maximum absolute atomic E-state index is 13.1. The molecule has 0 aliphatic carbocycles. The van der Waals surface area contributed by atoms with Gasteiger partial charge in [-0.25, -0.2) is 9.37 Å². The van der Waals surface area contributed by atoms with Crippen molar-refractivity contribution in [1.29, 1.82) is 0 Å². The Morgan fingerprint density at radius 3 is 2.60 bits per heavy atom. The minimum atomic E-state index is -0.234. The third-order valence-electron chi connectivity index (χ3n) is 5.34. The number of amides is 1. The summed E-state index contributed by atoms with van der Waals surface area (Å²) in [4.78, 5) is 21.7. The van der Waals surface area contributed by atoms with E-state index < -0.39 is 0 Å². The fourth-order valence-electron chi connectivity index (χ4n) is 4.13. The molecule has 3 rings (SSSR count). The van der Waals surface area contributed by atoms with Crippen LogP contribution in [0.15, 0.2) is 24.3 Å². The van der Waals surface area contributed by atoms with Gasteiger partial charge in [-0.15, -0.1) is 0 Å². The molecular weight excluding hydrogens is 399 g/mol. The zero-order chi connectivity index (χ0) is 21.7. The topological polar surface area (TPSA) is 49.3 Å². The molecule has 0 bridgehead atoms. The summed E-state index contributed by atoms with van der Waals surface area (Å²) in [5.74, 6) is 1.19. The molecule has 1 aliphatic rings. The van der Waals surface area contributed by atoms with E-state index in [0.29, 0.717) is 18.8 Å². The highest BCUT2D eigenvalue weighted by atomic mass is 32.1. The van der Waals surface area contributed by atoms with E-state index in [4.69, 9.17) is 0 Å². The molecule has 5 nitrogen and oxygen atoms in total. The van der Waals surface area contributed by atoms with Gasteiger partial charge in [0.1, 0.15) is 11.6 Å². The standard InChI is InChI=1S/C23H33FN4OS/c1-17(16-23(2,3)4)14-21(29)27-10-5-11-28(13-12-27)22-25-20(26-30-22)15-18-6-8-19(24)9-7-18/h6-9,17H,5,10-16H2,1-4H3/t17-/m1/s1. The molecule has 0 unspecified atom stereocenters. The first-order chi connectivity index (χ1) is 14.2. The number of carbonyl (C=O) groups excluding carboxylic acids is 1. The number of carbonyl (C=O) groups is 1. The predicted molar refractivity (Wildman–Crippen MR) is 120 cm³/mol. The van der Waals surface area contributed by atoms with Gasteiger partial charge < -0.3 is 9.80 Å². The second-order valence-corrected chi connectivity index (χ2v) is 10.3.